The number of nitrogens with one attached hydrogen (secondary N) is 2. The van der Waals surface area contributed by atoms with Crippen LogP contribution in [0.25, 0.3) is 27.6 Å². The van der Waals surface area contributed by atoms with Gasteiger partial charge in [-0.1, -0.05) is 30.3 Å². The molecule has 0 aliphatic carbocycles. The van der Waals surface area contributed by atoms with Crippen molar-refractivity contribution in [3.8, 4) is 11.1 Å². The number of anilines is 1. The molecule has 9 heteroatoms. The molecule has 0 radical (unpaired) electrons. The topological polar surface area (TPSA) is 121 Å². The highest BCUT2D eigenvalue weighted by Crippen LogP contribution is 2.37. The van der Waals surface area contributed by atoms with Gasteiger partial charge in [0, 0.05) is 48.8 Å². The summed E-state index contributed by atoms with van der Waals surface area (Å²) in [5.41, 5.74) is 13.9. The number of benzene rings is 2. The van der Waals surface area contributed by atoms with Crippen molar-refractivity contribution in [2.45, 2.75) is 19.9 Å². The molecule has 8 nitrogen and oxygen atoms in total. The Morgan fingerprint density at radius 1 is 1.16 bits per heavy atom. The van der Waals surface area contributed by atoms with Crippen LogP contribution in [0.1, 0.15) is 33.6 Å². The molecule has 0 saturated heterocycles. The molecule has 0 saturated carbocycles. The van der Waals surface area contributed by atoms with Gasteiger partial charge in [0.05, 0.1) is 17.3 Å². The maximum atomic E-state index is 12.2. The number of aromatic amines is 1. The van der Waals surface area contributed by atoms with Gasteiger partial charge < -0.3 is 16.0 Å². The number of primary amides is 1. The Bertz CT molecular complexity index is 1620. The van der Waals surface area contributed by atoms with E-state index in [-0.39, 0.29) is 0 Å². The van der Waals surface area contributed by atoms with Gasteiger partial charge in [-0.2, -0.15) is 4.31 Å². The van der Waals surface area contributed by atoms with Gasteiger partial charge in [-0.05, 0) is 65.4 Å². The molecule has 2 aromatic carbocycles. The van der Waals surface area contributed by atoms with E-state index in [1.54, 1.807) is 12.3 Å². The molecular formula is C28H29N5O3S. The van der Waals surface area contributed by atoms with Crippen molar-refractivity contribution in [1.29, 1.82) is 0 Å². The SMILES string of the molecule is Cc1c(NCc2cccnc2)cccc1-c1ccc(C(N)=O)c2[nH]c(C3=CCN(S(C)(=O)=O)CC3)cc12. The molecule has 0 unspecified atom stereocenters. The standard InChI is InChI=1S/C28H29N5O3S/c1-18-21(6-3-7-25(18)31-17-19-5-4-12-30-16-19)22-8-9-23(28(29)34)27-24(22)15-26(32-27)20-10-13-33(14-11-20)37(2,35)36/h3-10,12,15-16,31-32H,11,13-14,17H2,1-2H3,(H2,29,34). The van der Waals surface area contributed by atoms with Crippen molar-refractivity contribution in [3.63, 3.8) is 0 Å². The first-order chi connectivity index (χ1) is 17.7. The monoisotopic (exact) mass is 515 g/mol. The Labute approximate surface area is 216 Å². The van der Waals surface area contributed by atoms with Gasteiger partial charge in [-0.25, -0.2) is 8.42 Å². The highest BCUT2D eigenvalue weighted by atomic mass is 32.2. The number of H-pyrrole nitrogens is 1. The van der Waals surface area contributed by atoms with Gasteiger partial charge in [0.15, 0.2) is 0 Å². The number of sulfonamides is 1. The van der Waals surface area contributed by atoms with Crippen LogP contribution >= 0.6 is 0 Å². The maximum Gasteiger partial charge on any atom is 0.250 e. The van der Waals surface area contributed by atoms with Crippen molar-refractivity contribution in [3.05, 3.63) is 89.4 Å². The Morgan fingerprint density at radius 2 is 2.00 bits per heavy atom. The van der Waals surface area contributed by atoms with Gasteiger partial charge in [0.1, 0.15) is 0 Å². The summed E-state index contributed by atoms with van der Waals surface area (Å²) in [6, 6.07) is 15.8. The normalized spacial score (nSPS) is 14.5. The average Bonchev–Trinajstić information content (AvgIpc) is 3.33. The van der Waals surface area contributed by atoms with E-state index in [0.29, 0.717) is 37.1 Å². The highest BCUT2D eigenvalue weighted by molar-refractivity contribution is 7.88. The third-order valence-corrected chi connectivity index (χ3v) is 8.15. The third-order valence-electron chi connectivity index (χ3n) is 6.88. The number of rotatable bonds is 7. The number of aromatic nitrogens is 2. The molecule has 190 valence electrons. The second-order valence-corrected chi connectivity index (χ2v) is 11.3. The second kappa shape index (κ2) is 9.84. The molecule has 1 amide bonds. The number of nitrogens with two attached hydrogens (primary N) is 1. The van der Waals surface area contributed by atoms with Crippen LogP contribution in [0, 0.1) is 6.92 Å². The summed E-state index contributed by atoms with van der Waals surface area (Å²) in [5, 5.41) is 4.40. The number of carbonyl (C=O) groups is 1. The molecule has 0 fully saturated rings. The summed E-state index contributed by atoms with van der Waals surface area (Å²) < 4.78 is 25.3. The zero-order valence-electron chi connectivity index (χ0n) is 20.8. The molecule has 0 bridgehead atoms. The molecule has 3 heterocycles. The summed E-state index contributed by atoms with van der Waals surface area (Å²) in [5.74, 6) is -0.505. The third kappa shape index (κ3) is 5.00. The van der Waals surface area contributed by atoms with Gasteiger partial charge >= 0.3 is 0 Å². The van der Waals surface area contributed by atoms with Crippen LogP contribution in [0.4, 0.5) is 5.69 Å². The quantitative estimate of drug-likeness (QED) is 0.339. The first-order valence-electron chi connectivity index (χ1n) is 12.0. The summed E-state index contributed by atoms with van der Waals surface area (Å²) in [6.45, 7) is 3.47. The largest absolute Gasteiger partial charge is 0.381 e. The van der Waals surface area contributed by atoms with Crippen molar-refractivity contribution >= 4 is 38.1 Å². The summed E-state index contributed by atoms with van der Waals surface area (Å²) >= 11 is 0. The lowest BCUT2D eigenvalue weighted by Gasteiger charge is -2.23. The molecule has 0 spiro atoms. The van der Waals surface area contributed by atoms with Crippen molar-refractivity contribution < 1.29 is 13.2 Å². The van der Waals surface area contributed by atoms with E-state index in [1.807, 2.05) is 48.7 Å². The minimum Gasteiger partial charge on any atom is -0.381 e. The lowest BCUT2D eigenvalue weighted by Crippen LogP contribution is -2.33. The number of fused-ring (bicyclic) bond motifs is 1. The minimum absolute atomic E-state index is 0.322. The number of hydrogen-bond acceptors (Lipinski definition) is 5. The summed E-state index contributed by atoms with van der Waals surface area (Å²) in [4.78, 5) is 19.8. The zero-order chi connectivity index (χ0) is 26.2. The Kier molecular flexibility index (Phi) is 6.57. The number of amides is 1. The number of carbonyl (C=O) groups excluding carboxylic acids is 1. The number of hydrogen-bond donors (Lipinski definition) is 3. The molecule has 37 heavy (non-hydrogen) atoms. The zero-order valence-corrected chi connectivity index (χ0v) is 21.6. The van der Waals surface area contributed by atoms with E-state index in [2.05, 4.69) is 28.3 Å². The van der Waals surface area contributed by atoms with Crippen molar-refractivity contribution in [2.24, 2.45) is 5.73 Å². The summed E-state index contributed by atoms with van der Waals surface area (Å²) in [6.07, 6.45) is 7.32. The molecule has 0 atom stereocenters. The second-order valence-electron chi connectivity index (χ2n) is 9.29. The molecule has 5 rings (SSSR count). The Hall–Kier alpha value is -3.95. The van der Waals surface area contributed by atoms with E-state index in [9.17, 15) is 13.2 Å². The van der Waals surface area contributed by atoms with Crippen LogP contribution in [0.15, 0.2) is 67.0 Å². The van der Waals surface area contributed by atoms with Gasteiger partial charge in [0.25, 0.3) is 5.91 Å². The highest BCUT2D eigenvalue weighted by Gasteiger charge is 2.22. The van der Waals surface area contributed by atoms with Crippen LogP contribution in [0.5, 0.6) is 0 Å². The first kappa shape index (κ1) is 24.7. The van der Waals surface area contributed by atoms with E-state index < -0.39 is 15.9 Å². The lowest BCUT2D eigenvalue weighted by molar-refractivity contribution is 0.100. The number of nitrogens with zero attached hydrogens (tertiary/aromatic N) is 2. The molecule has 1 aliphatic rings. The number of pyridine rings is 1. The van der Waals surface area contributed by atoms with Crippen LogP contribution in [0.2, 0.25) is 0 Å². The van der Waals surface area contributed by atoms with E-state index >= 15 is 0 Å². The van der Waals surface area contributed by atoms with Crippen LogP contribution < -0.4 is 11.1 Å². The van der Waals surface area contributed by atoms with Crippen LogP contribution in [-0.4, -0.2) is 47.9 Å². The first-order valence-corrected chi connectivity index (χ1v) is 13.9. The molecule has 4 aromatic rings. The maximum absolute atomic E-state index is 12.2. The molecule has 2 aromatic heterocycles. The van der Waals surface area contributed by atoms with Crippen molar-refractivity contribution in [1.82, 2.24) is 14.3 Å². The fourth-order valence-electron chi connectivity index (χ4n) is 4.85. The predicted molar refractivity (Wildman–Crippen MR) is 148 cm³/mol. The Morgan fingerprint density at radius 3 is 2.68 bits per heavy atom. The van der Waals surface area contributed by atoms with E-state index in [0.717, 1.165) is 44.6 Å². The Balaban J connectivity index is 1.54. The molecule has 4 N–H and O–H groups in total. The lowest BCUT2D eigenvalue weighted by atomic mass is 9.94. The van der Waals surface area contributed by atoms with E-state index in [1.165, 1.54) is 10.6 Å². The van der Waals surface area contributed by atoms with Gasteiger partial charge in [-0.15, -0.1) is 0 Å². The predicted octanol–water partition coefficient (Wildman–Crippen LogP) is 4.30. The fraction of sp³-hybridized carbons (Fsp3) is 0.214. The fourth-order valence-corrected chi connectivity index (χ4v) is 5.62. The van der Waals surface area contributed by atoms with E-state index in [4.69, 9.17) is 5.73 Å². The van der Waals surface area contributed by atoms with Crippen LogP contribution in [-0.2, 0) is 16.6 Å². The average molecular weight is 516 g/mol. The summed E-state index contributed by atoms with van der Waals surface area (Å²) in [7, 11) is -3.24. The minimum atomic E-state index is -3.24. The van der Waals surface area contributed by atoms with Gasteiger partial charge in [0.2, 0.25) is 10.0 Å². The van der Waals surface area contributed by atoms with Gasteiger partial charge in [-0.3, -0.25) is 9.78 Å². The molecule has 1 aliphatic heterocycles. The van der Waals surface area contributed by atoms with Crippen molar-refractivity contribution in [2.75, 3.05) is 24.7 Å². The van der Waals surface area contributed by atoms with Crippen LogP contribution in [0.3, 0.4) is 0 Å². The smallest absolute Gasteiger partial charge is 0.250 e. The molecular weight excluding hydrogens is 486 g/mol.